The zero-order valence-corrected chi connectivity index (χ0v) is 13.6. The van der Waals surface area contributed by atoms with Gasteiger partial charge in [0.15, 0.2) is 0 Å². The molecule has 0 aromatic carbocycles. The first kappa shape index (κ1) is 14.4. The highest BCUT2D eigenvalue weighted by Gasteiger charge is 2.30. The van der Waals surface area contributed by atoms with Crippen LogP contribution in [0.15, 0.2) is 6.20 Å². The Morgan fingerprint density at radius 3 is 3.14 bits per heavy atom. The van der Waals surface area contributed by atoms with Crippen molar-refractivity contribution >= 4 is 33.9 Å². The Balaban J connectivity index is 1.77. The van der Waals surface area contributed by atoms with E-state index in [0.717, 1.165) is 30.7 Å². The first-order valence-corrected chi connectivity index (χ1v) is 8.57. The average molecular weight is 323 g/mol. The minimum absolute atomic E-state index is 0.118. The molecule has 0 aliphatic heterocycles. The van der Waals surface area contributed by atoms with E-state index in [1.807, 2.05) is 7.05 Å². The van der Waals surface area contributed by atoms with Crippen LogP contribution in [0.5, 0.6) is 0 Å². The van der Waals surface area contributed by atoms with Gasteiger partial charge in [0.2, 0.25) is 0 Å². The van der Waals surface area contributed by atoms with Gasteiger partial charge in [-0.3, -0.25) is 5.32 Å². The van der Waals surface area contributed by atoms with Crippen LogP contribution in [0.2, 0.25) is 0 Å². The van der Waals surface area contributed by atoms with Crippen molar-refractivity contribution in [3.8, 4) is 0 Å². The molecule has 2 amide bonds. The lowest BCUT2D eigenvalue weighted by atomic mass is 9.97. The molecule has 1 N–H and O–H groups in total. The van der Waals surface area contributed by atoms with Crippen LogP contribution < -0.4 is 5.32 Å². The molecular formula is C13H17N5OS2. The van der Waals surface area contributed by atoms with Gasteiger partial charge in [-0.1, -0.05) is 11.4 Å². The van der Waals surface area contributed by atoms with E-state index in [0.29, 0.717) is 5.00 Å². The number of hydrogen-bond donors (Lipinski definition) is 1. The Hall–Kier alpha value is -1.54. The standard InChI is InChI=1S/C13H17N5OS2/c1-3-10-15-8-5-4-6-9(12(8)20-10)18(2)13(19)16-11-7-14-17-21-11/h7,9H,3-6H2,1-2H3,(H,16,19). The summed E-state index contributed by atoms with van der Waals surface area (Å²) in [4.78, 5) is 20.0. The van der Waals surface area contributed by atoms with Crippen molar-refractivity contribution in [2.75, 3.05) is 12.4 Å². The van der Waals surface area contributed by atoms with E-state index in [2.05, 4.69) is 26.8 Å². The summed E-state index contributed by atoms with van der Waals surface area (Å²) in [6.07, 6.45) is 5.60. The number of aromatic nitrogens is 3. The molecule has 2 aromatic rings. The maximum absolute atomic E-state index is 12.3. The second-order valence-electron chi connectivity index (χ2n) is 5.00. The van der Waals surface area contributed by atoms with Crippen molar-refractivity contribution < 1.29 is 4.79 Å². The lowest BCUT2D eigenvalue weighted by Gasteiger charge is -2.30. The van der Waals surface area contributed by atoms with Gasteiger partial charge in [0.05, 0.1) is 27.8 Å². The summed E-state index contributed by atoms with van der Waals surface area (Å²) < 4.78 is 3.75. The van der Waals surface area contributed by atoms with Gasteiger partial charge in [0.1, 0.15) is 5.00 Å². The molecule has 0 saturated heterocycles. The third-order valence-corrected chi connectivity index (χ3v) is 5.57. The van der Waals surface area contributed by atoms with E-state index in [9.17, 15) is 4.79 Å². The smallest absolute Gasteiger partial charge is 0.320 e. The molecular weight excluding hydrogens is 306 g/mol. The maximum Gasteiger partial charge on any atom is 0.322 e. The van der Waals surface area contributed by atoms with Crippen molar-refractivity contribution in [2.24, 2.45) is 0 Å². The summed E-state index contributed by atoms with van der Waals surface area (Å²) in [5.74, 6) is 0. The van der Waals surface area contributed by atoms with E-state index < -0.39 is 0 Å². The predicted molar refractivity (Wildman–Crippen MR) is 83.9 cm³/mol. The van der Waals surface area contributed by atoms with E-state index in [4.69, 9.17) is 0 Å². The maximum atomic E-state index is 12.3. The van der Waals surface area contributed by atoms with Crippen LogP contribution in [-0.2, 0) is 12.8 Å². The summed E-state index contributed by atoms with van der Waals surface area (Å²) >= 11 is 2.92. The fraction of sp³-hybridized carbons (Fsp3) is 0.538. The van der Waals surface area contributed by atoms with Gasteiger partial charge in [-0.25, -0.2) is 9.78 Å². The van der Waals surface area contributed by atoms with Gasteiger partial charge >= 0.3 is 6.03 Å². The lowest BCUT2D eigenvalue weighted by Crippen LogP contribution is -2.35. The van der Waals surface area contributed by atoms with Crippen LogP contribution in [0.4, 0.5) is 9.80 Å². The molecule has 1 aliphatic rings. The third kappa shape index (κ3) is 2.91. The third-order valence-electron chi connectivity index (χ3n) is 3.65. The number of amides is 2. The van der Waals surface area contributed by atoms with Gasteiger partial charge in [0, 0.05) is 18.6 Å². The topological polar surface area (TPSA) is 71.0 Å². The molecule has 0 spiro atoms. The van der Waals surface area contributed by atoms with Crippen molar-refractivity contribution in [3.05, 3.63) is 21.8 Å². The van der Waals surface area contributed by atoms with Crippen molar-refractivity contribution in [3.63, 3.8) is 0 Å². The molecule has 112 valence electrons. The number of anilines is 1. The summed E-state index contributed by atoms with van der Waals surface area (Å²) in [6.45, 7) is 2.12. The van der Waals surface area contributed by atoms with Gasteiger partial charge in [0.25, 0.3) is 0 Å². The van der Waals surface area contributed by atoms with Gasteiger partial charge in [-0.2, -0.15) is 0 Å². The summed E-state index contributed by atoms with van der Waals surface area (Å²) in [5.41, 5.74) is 1.17. The van der Waals surface area contributed by atoms with Crippen LogP contribution >= 0.6 is 22.9 Å². The summed E-state index contributed by atoms with van der Waals surface area (Å²) in [5, 5.41) is 8.39. The number of rotatable bonds is 3. The van der Waals surface area contributed by atoms with Crippen LogP contribution in [-0.4, -0.2) is 32.5 Å². The molecule has 2 heterocycles. The molecule has 1 atom stereocenters. The van der Waals surface area contributed by atoms with Gasteiger partial charge in [-0.05, 0) is 25.7 Å². The molecule has 6 nitrogen and oxygen atoms in total. The Morgan fingerprint density at radius 1 is 1.57 bits per heavy atom. The lowest BCUT2D eigenvalue weighted by molar-refractivity contribution is 0.198. The second kappa shape index (κ2) is 6.07. The number of carbonyl (C=O) groups excluding carboxylic acids is 1. The summed E-state index contributed by atoms with van der Waals surface area (Å²) in [6, 6.07) is -0.00206. The Morgan fingerprint density at radius 2 is 2.43 bits per heavy atom. The zero-order valence-electron chi connectivity index (χ0n) is 12.0. The first-order chi connectivity index (χ1) is 10.2. The predicted octanol–water partition coefficient (Wildman–Crippen LogP) is 3.10. The largest absolute Gasteiger partial charge is 0.322 e. The zero-order chi connectivity index (χ0) is 14.8. The first-order valence-electron chi connectivity index (χ1n) is 6.98. The molecule has 0 saturated carbocycles. The molecule has 2 aromatic heterocycles. The van der Waals surface area contributed by atoms with Gasteiger partial charge in [-0.15, -0.1) is 16.4 Å². The minimum atomic E-state index is -0.120. The number of hydrogen-bond acceptors (Lipinski definition) is 6. The number of nitrogens with one attached hydrogen (secondary N) is 1. The van der Waals surface area contributed by atoms with Crippen LogP contribution in [0.1, 0.15) is 41.4 Å². The van der Waals surface area contributed by atoms with Crippen molar-refractivity contribution in [2.45, 2.75) is 38.6 Å². The second-order valence-corrected chi connectivity index (χ2v) is 6.90. The number of carbonyl (C=O) groups is 1. The monoisotopic (exact) mass is 323 g/mol. The van der Waals surface area contributed by atoms with Crippen molar-refractivity contribution in [1.82, 2.24) is 19.5 Å². The number of nitrogens with zero attached hydrogens (tertiary/aromatic N) is 4. The van der Waals surface area contributed by atoms with Crippen LogP contribution in [0, 0.1) is 0 Å². The molecule has 0 radical (unpaired) electrons. The Kier molecular flexibility index (Phi) is 4.16. The molecule has 3 rings (SSSR count). The number of fused-ring (bicyclic) bond motifs is 1. The number of aryl methyl sites for hydroxylation is 2. The average Bonchev–Trinajstić information content (AvgIpc) is 3.14. The van der Waals surface area contributed by atoms with Gasteiger partial charge < -0.3 is 4.90 Å². The number of thiazole rings is 1. The molecule has 21 heavy (non-hydrogen) atoms. The SMILES string of the molecule is CCc1nc2c(s1)C(N(C)C(=O)Nc1cnns1)CCC2. The van der Waals surface area contributed by atoms with E-state index in [1.54, 1.807) is 22.4 Å². The van der Waals surface area contributed by atoms with Crippen molar-refractivity contribution in [1.29, 1.82) is 0 Å². The highest BCUT2D eigenvalue weighted by molar-refractivity contribution is 7.11. The fourth-order valence-electron chi connectivity index (χ4n) is 2.53. The highest BCUT2D eigenvalue weighted by Crippen LogP contribution is 2.37. The van der Waals surface area contributed by atoms with E-state index in [1.165, 1.54) is 22.1 Å². The Bertz CT molecular complexity index is 625. The summed E-state index contributed by atoms with van der Waals surface area (Å²) in [7, 11) is 1.84. The minimum Gasteiger partial charge on any atom is -0.320 e. The quantitative estimate of drug-likeness (QED) is 0.942. The van der Waals surface area contributed by atoms with Crippen LogP contribution in [0.25, 0.3) is 0 Å². The highest BCUT2D eigenvalue weighted by atomic mass is 32.1. The molecule has 0 fully saturated rings. The fourth-order valence-corrected chi connectivity index (χ4v) is 4.17. The Labute approximate surface area is 131 Å². The molecule has 0 bridgehead atoms. The van der Waals surface area contributed by atoms with Crippen LogP contribution in [0.3, 0.4) is 0 Å². The number of urea groups is 1. The molecule has 8 heteroatoms. The van der Waals surface area contributed by atoms with E-state index in [-0.39, 0.29) is 12.1 Å². The normalized spacial score (nSPS) is 17.3. The molecule has 1 unspecified atom stereocenters. The molecule has 1 aliphatic carbocycles. The van der Waals surface area contributed by atoms with E-state index >= 15 is 0 Å².